The van der Waals surface area contributed by atoms with Crippen LogP contribution in [0.3, 0.4) is 0 Å². The Kier molecular flexibility index (Phi) is 5.03. The van der Waals surface area contributed by atoms with Crippen molar-refractivity contribution in [1.29, 1.82) is 0 Å². The van der Waals surface area contributed by atoms with Crippen molar-refractivity contribution >= 4 is 28.9 Å². The molecule has 3 rings (SSSR count). The smallest absolute Gasteiger partial charge is 0.246 e. The Bertz CT molecular complexity index is 754. The molecule has 0 aromatic heterocycles. The summed E-state index contributed by atoms with van der Waals surface area (Å²) in [6.45, 7) is 4.61. The van der Waals surface area contributed by atoms with Gasteiger partial charge in [-0.15, -0.1) is 0 Å². The molecule has 0 radical (unpaired) electrons. The van der Waals surface area contributed by atoms with Crippen LogP contribution in [0.5, 0.6) is 0 Å². The van der Waals surface area contributed by atoms with E-state index in [1.54, 1.807) is 4.90 Å². The Morgan fingerprint density at radius 2 is 1.68 bits per heavy atom. The van der Waals surface area contributed by atoms with E-state index in [-0.39, 0.29) is 17.9 Å². The van der Waals surface area contributed by atoms with Crippen LogP contribution in [0.2, 0.25) is 0 Å². The van der Waals surface area contributed by atoms with E-state index in [4.69, 9.17) is 0 Å². The van der Waals surface area contributed by atoms with Crippen molar-refractivity contribution in [2.75, 3.05) is 22.1 Å². The molecule has 1 heterocycles. The first kappa shape index (κ1) is 17.0. The van der Waals surface area contributed by atoms with Crippen LogP contribution >= 0.6 is 0 Å². The third-order valence-corrected chi connectivity index (χ3v) is 4.35. The lowest BCUT2D eigenvalue weighted by Gasteiger charge is -2.18. The fourth-order valence-corrected chi connectivity index (χ4v) is 2.86. The normalized spacial score (nSPS) is 15.1. The Morgan fingerprint density at radius 3 is 2.28 bits per heavy atom. The standard InChI is InChI=1S/C20H23N3O2/c1-14-5-7-17(8-6-14)22-20(25)15(2)21-16-9-11-18(12-10-16)23-13-3-4-19(23)24/h5-12,15,21H,3-4,13H2,1-2H3,(H,22,25)/t15-/m0/s1. The number of hydrogen-bond acceptors (Lipinski definition) is 3. The molecular formula is C20H23N3O2. The van der Waals surface area contributed by atoms with Crippen molar-refractivity contribution < 1.29 is 9.59 Å². The second kappa shape index (κ2) is 7.38. The second-order valence-corrected chi connectivity index (χ2v) is 6.42. The molecule has 0 unspecified atom stereocenters. The van der Waals surface area contributed by atoms with Gasteiger partial charge >= 0.3 is 0 Å². The minimum absolute atomic E-state index is 0.0948. The van der Waals surface area contributed by atoms with E-state index in [2.05, 4.69) is 10.6 Å². The van der Waals surface area contributed by atoms with Gasteiger partial charge in [0.05, 0.1) is 0 Å². The Morgan fingerprint density at radius 1 is 1.04 bits per heavy atom. The number of hydrogen-bond donors (Lipinski definition) is 2. The first-order valence-corrected chi connectivity index (χ1v) is 8.57. The average Bonchev–Trinajstić information content (AvgIpc) is 3.03. The number of anilines is 3. The predicted molar refractivity (Wildman–Crippen MR) is 101 cm³/mol. The molecular weight excluding hydrogens is 314 g/mol. The summed E-state index contributed by atoms with van der Waals surface area (Å²) in [5, 5.41) is 6.08. The van der Waals surface area contributed by atoms with Crippen LogP contribution in [0.25, 0.3) is 0 Å². The number of benzene rings is 2. The minimum atomic E-state index is -0.374. The summed E-state index contributed by atoms with van der Waals surface area (Å²) in [4.78, 5) is 25.9. The van der Waals surface area contributed by atoms with E-state index in [0.717, 1.165) is 35.6 Å². The molecule has 5 nitrogen and oxygen atoms in total. The van der Waals surface area contributed by atoms with Crippen LogP contribution in [0, 0.1) is 6.92 Å². The molecule has 1 atom stereocenters. The van der Waals surface area contributed by atoms with Crippen molar-refractivity contribution in [3.05, 3.63) is 54.1 Å². The van der Waals surface area contributed by atoms with E-state index in [1.807, 2.05) is 62.4 Å². The predicted octanol–water partition coefficient (Wildman–Crippen LogP) is 3.56. The third kappa shape index (κ3) is 4.18. The van der Waals surface area contributed by atoms with Gasteiger partial charge in [0, 0.05) is 30.0 Å². The highest BCUT2D eigenvalue weighted by Crippen LogP contribution is 2.23. The van der Waals surface area contributed by atoms with Gasteiger partial charge in [-0.1, -0.05) is 17.7 Å². The lowest BCUT2D eigenvalue weighted by Crippen LogP contribution is -2.31. The molecule has 2 aromatic rings. The minimum Gasteiger partial charge on any atom is -0.374 e. The maximum atomic E-state index is 12.3. The molecule has 130 valence electrons. The summed E-state index contributed by atoms with van der Waals surface area (Å²) in [7, 11) is 0. The monoisotopic (exact) mass is 337 g/mol. The molecule has 2 aromatic carbocycles. The molecule has 25 heavy (non-hydrogen) atoms. The number of nitrogens with zero attached hydrogens (tertiary/aromatic N) is 1. The molecule has 0 spiro atoms. The SMILES string of the molecule is Cc1ccc(NC(=O)[C@H](C)Nc2ccc(N3CCCC3=O)cc2)cc1. The molecule has 2 amide bonds. The lowest BCUT2D eigenvalue weighted by molar-refractivity contribution is -0.117. The number of carbonyl (C=O) groups excluding carboxylic acids is 2. The summed E-state index contributed by atoms with van der Waals surface area (Å²) in [5.74, 6) is 0.0780. The van der Waals surface area contributed by atoms with Gasteiger partial charge in [0.15, 0.2) is 0 Å². The molecule has 0 aliphatic carbocycles. The van der Waals surface area contributed by atoms with Crippen LogP contribution in [0.4, 0.5) is 17.1 Å². The molecule has 2 N–H and O–H groups in total. The number of rotatable bonds is 5. The fraction of sp³-hybridized carbons (Fsp3) is 0.300. The van der Waals surface area contributed by atoms with Gasteiger partial charge in [0.25, 0.3) is 0 Å². The molecule has 1 aliphatic rings. The number of amides is 2. The van der Waals surface area contributed by atoms with Crippen molar-refractivity contribution in [2.45, 2.75) is 32.7 Å². The van der Waals surface area contributed by atoms with E-state index in [1.165, 1.54) is 0 Å². The highest BCUT2D eigenvalue weighted by Gasteiger charge is 2.21. The second-order valence-electron chi connectivity index (χ2n) is 6.42. The maximum absolute atomic E-state index is 12.3. The number of nitrogens with one attached hydrogen (secondary N) is 2. The summed E-state index contributed by atoms with van der Waals surface area (Å²) >= 11 is 0. The molecule has 1 saturated heterocycles. The molecule has 0 bridgehead atoms. The largest absolute Gasteiger partial charge is 0.374 e. The highest BCUT2D eigenvalue weighted by atomic mass is 16.2. The maximum Gasteiger partial charge on any atom is 0.246 e. The third-order valence-electron chi connectivity index (χ3n) is 4.35. The van der Waals surface area contributed by atoms with Crippen molar-refractivity contribution in [2.24, 2.45) is 0 Å². The summed E-state index contributed by atoms with van der Waals surface area (Å²) in [5.41, 5.74) is 3.69. The van der Waals surface area contributed by atoms with E-state index in [0.29, 0.717) is 6.42 Å². The molecule has 1 fully saturated rings. The van der Waals surface area contributed by atoms with Gasteiger partial charge in [0.1, 0.15) is 6.04 Å². The van der Waals surface area contributed by atoms with E-state index >= 15 is 0 Å². The lowest BCUT2D eigenvalue weighted by atomic mass is 10.2. The van der Waals surface area contributed by atoms with Gasteiger partial charge in [-0.2, -0.15) is 0 Å². The first-order chi connectivity index (χ1) is 12.0. The molecule has 1 aliphatic heterocycles. The van der Waals surface area contributed by atoms with Gasteiger partial charge in [-0.25, -0.2) is 0 Å². The van der Waals surface area contributed by atoms with Crippen LogP contribution in [-0.2, 0) is 9.59 Å². The van der Waals surface area contributed by atoms with Gasteiger partial charge < -0.3 is 15.5 Å². The van der Waals surface area contributed by atoms with Gasteiger partial charge in [0.2, 0.25) is 11.8 Å². The number of aryl methyl sites for hydroxylation is 1. The zero-order valence-corrected chi connectivity index (χ0v) is 14.6. The molecule has 5 heteroatoms. The Hall–Kier alpha value is -2.82. The topological polar surface area (TPSA) is 61.4 Å². The van der Waals surface area contributed by atoms with Gasteiger partial charge in [-0.05, 0) is 56.7 Å². The highest BCUT2D eigenvalue weighted by molar-refractivity contribution is 5.97. The van der Waals surface area contributed by atoms with Crippen LogP contribution in [0.1, 0.15) is 25.3 Å². The van der Waals surface area contributed by atoms with Crippen LogP contribution in [0.15, 0.2) is 48.5 Å². The number of carbonyl (C=O) groups is 2. The van der Waals surface area contributed by atoms with Crippen LogP contribution in [-0.4, -0.2) is 24.4 Å². The van der Waals surface area contributed by atoms with Crippen molar-refractivity contribution in [3.8, 4) is 0 Å². The first-order valence-electron chi connectivity index (χ1n) is 8.57. The van der Waals surface area contributed by atoms with Crippen molar-refractivity contribution in [3.63, 3.8) is 0 Å². The fourth-order valence-electron chi connectivity index (χ4n) is 2.86. The quantitative estimate of drug-likeness (QED) is 0.877. The van der Waals surface area contributed by atoms with Crippen molar-refractivity contribution in [1.82, 2.24) is 0 Å². The van der Waals surface area contributed by atoms with Crippen LogP contribution < -0.4 is 15.5 Å². The average molecular weight is 337 g/mol. The van der Waals surface area contributed by atoms with E-state index in [9.17, 15) is 9.59 Å². The van der Waals surface area contributed by atoms with Gasteiger partial charge in [-0.3, -0.25) is 9.59 Å². The summed E-state index contributed by atoms with van der Waals surface area (Å²) in [6, 6.07) is 15.0. The zero-order valence-electron chi connectivity index (χ0n) is 14.6. The molecule has 0 saturated carbocycles. The summed E-state index contributed by atoms with van der Waals surface area (Å²) < 4.78 is 0. The zero-order chi connectivity index (χ0) is 17.8. The summed E-state index contributed by atoms with van der Waals surface area (Å²) in [6.07, 6.45) is 1.53. The Balaban J connectivity index is 1.58. The Labute approximate surface area is 148 Å². The van der Waals surface area contributed by atoms with E-state index < -0.39 is 0 Å².